The predicted molar refractivity (Wildman–Crippen MR) is 84.1 cm³/mol. The van der Waals surface area contributed by atoms with Crippen LogP contribution in [-0.2, 0) is 0 Å². The lowest BCUT2D eigenvalue weighted by molar-refractivity contribution is 0.480. The lowest BCUT2D eigenvalue weighted by atomic mass is 10.2. The minimum absolute atomic E-state index is 0.171. The van der Waals surface area contributed by atoms with Gasteiger partial charge in [-0.3, -0.25) is 15.8 Å². The average Bonchev–Trinajstić information content (AvgIpc) is 2.50. The van der Waals surface area contributed by atoms with E-state index >= 15 is 0 Å². The molecule has 22 heavy (non-hydrogen) atoms. The molecule has 0 atom stereocenters. The first-order valence-corrected chi connectivity index (χ1v) is 6.37. The van der Waals surface area contributed by atoms with Crippen LogP contribution >= 0.6 is 0 Å². The zero-order valence-corrected chi connectivity index (χ0v) is 11.9. The Bertz CT molecular complexity index is 748. The van der Waals surface area contributed by atoms with Crippen molar-refractivity contribution in [3.8, 4) is 17.6 Å². The number of aryl methyl sites for hydroxylation is 1. The summed E-state index contributed by atoms with van der Waals surface area (Å²) in [4.78, 5) is 3.98. The lowest BCUT2D eigenvalue weighted by Crippen LogP contribution is -2.21. The molecule has 0 saturated heterocycles. The molecule has 0 saturated carbocycles. The summed E-state index contributed by atoms with van der Waals surface area (Å²) < 4.78 is 5.67. The molecule has 0 aliphatic rings. The fourth-order valence-electron chi connectivity index (χ4n) is 1.63. The number of amidine groups is 1. The van der Waals surface area contributed by atoms with E-state index in [9.17, 15) is 0 Å². The molecule has 7 nitrogen and oxygen atoms in total. The molecular weight excluding hydrogens is 280 g/mol. The van der Waals surface area contributed by atoms with E-state index in [1.807, 2.05) is 19.1 Å². The van der Waals surface area contributed by atoms with Crippen molar-refractivity contribution in [1.82, 2.24) is 4.98 Å². The Hall–Kier alpha value is -3.40. The summed E-state index contributed by atoms with van der Waals surface area (Å²) in [7, 11) is 0. The first kappa shape index (κ1) is 15.0. The Morgan fingerprint density at radius 1 is 1.41 bits per heavy atom. The lowest BCUT2D eigenvalue weighted by Gasteiger charge is -2.09. The van der Waals surface area contributed by atoms with Crippen LogP contribution in [0, 0.1) is 23.7 Å². The van der Waals surface area contributed by atoms with Crippen LogP contribution in [0.4, 0.5) is 5.69 Å². The molecule has 0 amide bonds. The van der Waals surface area contributed by atoms with Gasteiger partial charge < -0.3 is 10.5 Å². The van der Waals surface area contributed by atoms with Gasteiger partial charge in [-0.1, -0.05) is 0 Å². The quantitative estimate of drug-likeness (QED) is 0.444. The van der Waals surface area contributed by atoms with Crippen LogP contribution in [0.1, 0.15) is 5.56 Å². The highest BCUT2D eigenvalue weighted by Gasteiger charge is 2.04. The third kappa shape index (κ3) is 3.80. The van der Waals surface area contributed by atoms with E-state index in [0.29, 0.717) is 17.2 Å². The number of rotatable bonds is 5. The van der Waals surface area contributed by atoms with Gasteiger partial charge >= 0.3 is 0 Å². The SMILES string of the molecule is Cc1cc(Oc2cccnc2)ccc1N/N=C(\C#N)C(=N)N. The molecule has 0 radical (unpaired) electrons. The van der Waals surface area contributed by atoms with Gasteiger partial charge in [0.25, 0.3) is 0 Å². The van der Waals surface area contributed by atoms with Gasteiger partial charge in [-0.15, -0.1) is 0 Å². The summed E-state index contributed by atoms with van der Waals surface area (Å²) in [6.07, 6.45) is 3.29. The Morgan fingerprint density at radius 3 is 2.82 bits per heavy atom. The van der Waals surface area contributed by atoms with Crippen molar-refractivity contribution in [2.75, 3.05) is 5.43 Å². The second-order valence-electron chi connectivity index (χ2n) is 4.37. The standard InChI is InChI=1S/C15H14N6O/c1-10-7-11(22-12-3-2-6-19-9-12)4-5-13(10)20-21-14(8-16)15(17)18/h2-7,9,20H,1H3,(H3,17,18)/b21-14+. The van der Waals surface area contributed by atoms with E-state index in [1.165, 1.54) is 0 Å². The zero-order chi connectivity index (χ0) is 15.9. The number of aromatic nitrogens is 1. The normalized spacial score (nSPS) is 10.6. The number of pyridine rings is 1. The van der Waals surface area contributed by atoms with Crippen molar-refractivity contribution in [3.63, 3.8) is 0 Å². The van der Waals surface area contributed by atoms with Gasteiger partial charge in [0.15, 0.2) is 5.84 Å². The molecule has 110 valence electrons. The molecule has 2 rings (SSSR count). The number of nitrogens with zero attached hydrogens (tertiary/aromatic N) is 3. The number of nitrogens with two attached hydrogens (primary N) is 1. The summed E-state index contributed by atoms with van der Waals surface area (Å²) in [6.45, 7) is 1.87. The van der Waals surface area contributed by atoms with E-state index in [0.717, 1.165) is 5.56 Å². The van der Waals surface area contributed by atoms with Crippen LogP contribution in [0.25, 0.3) is 0 Å². The number of hydrogen-bond donors (Lipinski definition) is 3. The molecule has 2 aromatic rings. The molecule has 1 aromatic heterocycles. The van der Waals surface area contributed by atoms with Gasteiger partial charge in [0.2, 0.25) is 5.71 Å². The highest BCUT2D eigenvalue weighted by atomic mass is 16.5. The van der Waals surface area contributed by atoms with Gasteiger partial charge in [0.1, 0.15) is 17.6 Å². The van der Waals surface area contributed by atoms with Crippen molar-refractivity contribution in [1.29, 1.82) is 10.7 Å². The Balaban J connectivity index is 2.13. The molecule has 0 unspecified atom stereocenters. The maximum Gasteiger partial charge on any atom is 0.201 e. The fraction of sp³-hybridized carbons (Fsp3) is 0.0667. The number of nitrogens with one attached hydrogen (secondary N) is 2. The third-order valence-electron chi connectivity index (χ3n) is 2.72. The molecule has 0 aliphatic heterocycles. The summed E-state index contributed by atoms with van der Waals surface area (Å²) in [5, 5.41) is 19.8. The van der Waals surface area contributed by atoms with Crippen LogP contribution in [0.2, 0.25) is 0 Å². The van der Waals surface area contributed by atoms with E-state index < -0.39 is 0 Å². The maximum atomic E-state index is 8.78. The molecule has 0 bridgehead atoms. The number of hydrazone groups is 1. The molecular formula is C15H14N6O. The number of hydrogen-bond acceptors (Lipinski definition) is 6. The van der Waals surface area contributed by atoms with Crippen LogP contribution in [0.15, 0.2) is 47.8 Å². The number of benzene rings is 1. The Labute approximate surface area is 127 Å². The summed E-state index contributed by atoms with van der Waals surface area (Å²) in [5.41, 5.74) is 9.32. The van der Waals surface area contributed by atoms with Crippen LogP contribution in [0.5, 0.6) is 11.5 Å². The topological polar surface area (TPSA) is 120 Å². The van der Waals surface area contributed by atoms with E-state index in [-0.39, 0.29) is 11.5 Å². The largest absolute Gasteiger partial charge is 0.456 e. The van der Waals surface area contributed by atoms with Gasteiger partial charge in [-0.05, 0) is 42.8 Å². The summed E-state index contributed by atoms with van der Waals surface area (Å²) in [5.74, 6) is 0.917. The Kier molecular flexibility index (Phi) is 4.67. The van der Waals surface area contributed by atoms with Gasteiger partial charge in [0.05, 0.1) is 11.9 Å². The van der Waals surface area contributed by atoms with Gasteiger partial charge in [0, 0.05) is 6.20 Å². The van der Waals surface area contributed by atoms with Gasteiger partial charge in [-0.25, -0.2) is 0 Å². The maximum absolute atomic E-state index is 8.78. The van der Waals surface area contributed by atoms with Crippen molar-refractivity contribution in [2.45, 2.75) is 6.92 Å². The first-order valence-electron chi connectivity index (χ1n) is 6.37. The third-order valence-corrected chi connectivity index (χ3v) is 2.72. The highest BCUT2D eigenvalue weighted by molar-refractivity contribution is 6.45. The summed E-state index contributed by atoms with van der Waals surface area (Å²) >= 11 is 0. The first-order chi connectivity index (χ1) is 10.6. The van der Waals surface area contributed by atoms with Crippen molar-refractivity contribution < 1.29 is 4.74 Å². The number of anilines is 1. The van der Waals surface area contributed by atoms with Crippen molar-refractivity contribution >= 4 is 17.2 Å². The summed E-state index contributed by atoms with van der Waals surface area (Å²) in [6, 6.07) is 10.7. The smallest absolute Gasteiger partial charge is 0.201 e. The van der Waals surface area contributed by atoms with Crippen LogP contribution in [0.3, 0.4) is 0 Å². The minimum Gasteiger partial charge on any atom is -0.456 e. The van der Waals surface area contributed by atoms with Crippen molar-refractivity contribution in [3.05, 3.63) is 48.3 Å². The molecule has 0 fully saturated rings. The Morgan fingerprint density at radius 2 is 2.23 bits per heavy atom. The molecule has 1 aromatic carbocycles. The van der Waals surface area contributed by atoms with Crippen LogP contribution in [-0.4, -0.2) is 16.5 Å². The molecule has 0 spiro atoms. The van der Waals surface area contributed by atoms with Crippen LogP contribution < -0.4 is 15.9 Å². The molecule has 0 aliphatic carbocycles. The predicted octanol–water partition coefficient (Wildman–Crippen LogP) is 2.41. The minimum atomic E-state index is -0.385. The van der Waals surface area contributed by atoms with E-state index in [1.54, 1.807) is 36.7 Å². The molecule has 7 heteroatoms. The van der Waals surface area contributed by atoms with Crippen molar-refractivity contribution in [2.24, 2.45) is 10.8 Å². The van der Waals surface area contributed by atoms with E-state index in [2.05, 4.69) is 15.5 Å². The second-order valence-corrected chi connectivity index (χ2v) is 4.37. The monoisotopic (exact) mass is 294 g/mol. The zero-order valence-electron chi connectivity index (χ0n) is 11.9. The second kappa shape index (κ2) is 6.85. The fourth-order valence-corrected chi connectivity index (χ4v) is 1.63. The average molecular weight is 294 g/mol. The van der Waals surface area contributed by atoms with Gasteiger partial charge in [-0.2, -0.15) is 10.4 Å². The van der Waals surface area contributed by atoms with E-state index in [4.69, 9.17) is 21.1 Å². The molecule has 4 N–H and O–H groups in total. The number of ether oxygens (including phenoxy) is 1. The molecule has 1 heterocycles. The number of nitriles is 1. The highest BCUT2D eigenvalue weighted by Crippen LogP contribution is 2.25.